The van der Waals surface area contributed by atoms with Gasteiger partial charge in [-0.05, 0) is 30.7 Å². The highest BCUT2D eigenvalue weighted by Gasteiger charge is 2.14. The molecule has 2 aromatic rings. The van der Waals surface area contributed by atoms with E-state index in [4.69, 9.17) is 0 Å². The molecule has 0 heterocycles. The van der Waals surface area contributed by atoms with Crippen molar-refractivity contribution >= 4 is 11.9 Å². The van der Waals surface area contributed by atoms with Crippen LogP contribution in [-0.2, 0) is 9.78 Å². The Morgan fingerprint density at radius 1 is 0.789 bits per heavy atom. The summed E-state index contributed by atoms with van der Waals surface area (Å²) in [7, 11) is 0. The van der Waals surface area contributed by atoms with E-state index in [0.29, 0.717) is 11.1 Å². The Hall–Kier alpha value is -2.62. The van der Waals surface area contributed by atoms with Crippen LogP contribution in [0.5, 0.6) is 0 Å². The molecule has 2 aromatic carbocycles. The Morgan fingerprint density at radius 3 is 2.05 bits per heavy atom. The van der Waals surface area contributed by atoms with Gasteiger partial charge >= 0.3 is 11.9 Å². The highest BCUT2D eigenvalue weighted by Crippen LogP contribution is 2.09. The van der Waals surface area contributed by atoms with E-state index >= 15 is 0 Å². The molecule has 0 saturated heterocycles. The lowest BCUT2D eigenvalue weighted by atomic mass is 10.1. The molecule has 0 saturated carbocycles. The van der Waals surface area contributed by atoms with Gasteiger partial charge < -0.3 is 0 Å². The Kier molecular flexibility index (Phi) is 3.93. The number of rotatable bonds is 2. The van der Waals surface area contributed by atoms with Crippen LogP contribution in [-0.4, -0.2) is 11.9 Å². The maximum absolute atomic E-state index is 11.7. The van der Waals surface area contributed by atoms with Crippen molar-refractivity contribution in [3.63, 3.8) is 0 Å². The van der Waals surface area contributed by atoms with E-state index in [1.165, 1.54) is 0 Å². The number of hydrogen-bond acceptors (Lipinski definition) is 4. The standard InChI is InChI=1S/C15H12O4/c1-11-7-5-6-10-13(11)15(17)19-18-14(16)12-8-3-2-4-9-12/h2-10H,1H3. The molecule has 19 heavy (non-hydrogen) atoms. The van der Waals surface area contributed by atoms with Crippen LogP contribution in [0.15, 0.2) is 54.6 Å². The lowest BCUT2D eigenvalue weighted by Crippen LogP contribution is -2.12. The van der Waals surface area contributed by atoms with Gasteiger partial charge in [-0.2, -0.15) is 0 Å². The quantitative estimate of drug-likeness (QED) is 0.612. The first-order valence-electron chi connectivity index (χ1n) is 5.72. The minimum atomic E-state index is -0.706. The van der Waals surface area contributed by atoms with Crippen molar-refractivity contribution in [1.29, 1.82) is 0 Å². The van der Waals surface area contributed by atoms with Crippen LogP contribution in [0.4, 0.5) is 0 Å². The van der Waals surface area contributed by atoms with Crippen LogP contribution in [0.25, 0.3) is 0 Å². The highest BCUT2D eigenvalue weighted by molar-refractivity contribution is 5.93. The average Bonchev–Trinajstić information content (AvgIpc) is 2.46. The third-order valence-corrected chi connectivity index (χ3v) is 2.57. The molecule has 0 aliphatic rings. The van der Waals surface area contributed by atoms with E-state index < -0.39 is 11.9 Å². The van der Waals surface area contributed by atoms with Gasteiger partial charge in [0, 0.05) is 0 Å². The summed E-state index contributed by atoms with van der Waals surface area (Å²) in [6, 6.07) is 15.2. The Balaban J connectivity index is 1.98. The summed E-state index contributed by atoms with van der Waals surface area (Å²) in [6.45, 7) is 1.77. The molecule has 4 heteroatoms. The van der Waals surface area contributed by atoms with Crippen molar-refractivity contribution in [3.05, 3.63) is 71.3 Å². The van der Waals surface area contributed by atoms with Crippen LogP contribution < -0.4 is 0 Å². The molecule has 96 valence electrons. The van der Waals surface area contributed by atoms with Crippen molar-refractivity contribution in [3.8, 4) is 0 Å². The second-order valence-electron chi connectivity index (χ2n) is 3.92. The maximum Gasteiger partial charge on any atom is 0.386 e. The molecule has 0 aromatic heterocycles. The zero-order valence-electron chi connectivity index (χ0n) is 10.3. The molecule has 0 amide bonds. The van der Waals surface area contributed by atoms with E-state index in [9.17, 15) is 9.59 Å². The molecular formula is C15H12O4. The zero-order chi connectivity index (χ0) is 13.7. The molecule has 2 rings (SSSR count). The summed E-state index contributed by atoms with van der Waals surface area (Å²) in [5, 5.41) is 0. The molecule has 0 fully saturated rings. The van der Waals surface area contributed by atoms with Gasteiger partial charge in [-0.15, -0.1) is 0 Å². The molecule has 0 radical (unpaired) electrons. The number of benzene rings is 2. The van der Waals surface area contributed by atoms with E-state index in [0.717, 1.165) is 5.56 Å². The summed E-state index contributed by atoms with van der Waals surface area (Å²) in [4.78, 5) is 32.3. The van der Waals surface area contributed by atoms with Gasteiger partial charge in [0.25, 0.3) is 0 Å². The minimum Gasteiger partial charge on any atom is -0.242 e. The smallest absolute Gasteiger partial charge is 0.242 e. The minimum absolute atomic E-state index is 0.320. The summed E-state index contributed by atoms with van der Waals surface area (Å²) < 4.78 is 0. The molecule has 0 atom stereocenters. The SMILES string of the molecule is Cc1ccccc1C(=O)OOC(=O)c1ccccc1. The first-order valence-corrected chi connectivity index (χ1v) is 5.72. The van der Waals surface area contributed by atoms with Crippen molar-refractivity contribution in [1.82, 2.24) is 0 Å². The lowest BCUT2D eigenvalue weighted by Gasteiger charge is -2.05. The molecule has 0 aliphatic carbocycles. The second kappa shape index (κ2) is 5.82. The third-order valence-electron chi connectivity index (χ3n) is 2.57. The Bertz CT molecular complexity index is 590. The first kappa shape index (κ1) is 12.8. The molecule has 4 nitrogen and oxygen atoms in total. The van der Waals surface area contributed by atoms with Gasteiger partial charge in [0.15, 0.2) is 0 Å². The molecule has 0 spiro atoms. The zero-order valence-corrected chi connectivity index (χ0v) is 10.3. The number of aryl methyl sites for hydroxylation is 1. The Morgan fingerprint density at radius 2 is 1.37 bits per heavy atom. The number of carbonyl (C=O) groups is 2. The summed E-state index contributed by atoms with van der Waals surface area (Å²) >= 11 is 0. The van der Waals surface area contributed by atoms with Crippen LogP contribution in [0.3, 0.4) is 0 Å². The van der Waals surface area contributed by atoms with Crippen molar-refractivity contribution in [2.75, 3.05) is 0 Å². The second-order valence-corrected chi connectivity index (χ2v) is 3.92. The number of hydrogen-bond donors (Lipinski definition) is 0. The van der Waals surface area contributed by atoms with Crippen molar-refractivity contribution in [2.45, 2.75) is 6.92 Å². The largest absolute Gasteiger partial charge is 0.386 e. The van der Waals surface area contributed by atoms with Crippen LogP contribution in [0, 0.1) is 6.92 Å². The monoisotopic (exact) mass is 256 g/mol. The summed E-state index contributed by atoms with van der Waals surface area (Å²) in [5.41, 5.74) is 1.44. The lowest BCUT2D eigenvalue weighted by molar-refractivity contribution is -0.187. The van der Waals surface area contributed by atoms with Gasteiger partial charge in [-0.25, -0.2) is 19.4 Å². The van der Waals surface area contributed by atoms with Gasteiger partial charge in [-0.1, -0.05) is 36.4 Å². The summed E-state index contributed by atoms with van der Waals surface area (Å²) in [5.74, 6) is -1.40. The van der Waals surface area contributed by atoms with Gasteiger partial charge in [0.2, 0.25) is 0 Å². The topological polar surface area (TPSA) is 52.6 Å². The fraction of sp³-hybridized carbons (Fsp3) is 0.0667. The van der Waals surface area contributed by atoms with Gasteiger partial charge in [-0.3, -0.25) is 0 Å². The normalized spacial score (nSPS) is 9.74. The Labute approximate surface area is 110 Å². The van der Waals surface area contributed by atoms with E-state index in [2.05, 4.69) is 9.78 Å². The van der Waals surface area contributed by atoms with Crippen molar-refractivity contribution in [2.24, 2.45) is 0 Å². The summed E-state index contributed by atoms with van der Waals surface area (Å²) in [6.07, 6.45) is 0. The predicted molar refractivity (Wildman–Crippen MR) is 68.5 cm³/mol. The van der Waals surface area contributed by atoms with Crippen LogP contribution >= 0.6 is 0 Å². The van der Waals surface area contributed by atoms with E-state index in [1.54, 1.807) is 55.5 Å². The van der Waals surface area contributed by atoms with E-state index in [-0.39, 0.29) is 0 Å². The molecular weight excluding hydrogens is 244 g/mol. The van der Waals surface area contributed by atoms with Crippen LogP contribution in [0.2, 0.25) is 0 Å². The molecule has 0 unspecified atom stereocenters. The molecule has 0 bridgehead atoms. The van der Waals surface area contributed by atoms with Crippen molar-refractivity contribution < 1.29 is 19.4 Å². The van der Waals surface area contributed by atoms with E-state index in [1.807, 2.05) is 6.07 Å². The molecule has 0 N–H and O–H groups in total. The average molecular weight is 256 g/mol. The third kappa shape index (κ3) is 3.19. The van der Waals surface area contributed by atoms with Gasteiger partial charge in [0.05, 0.1) is 11.1 Å². The highest BCUT2D eigenvalue weighted by atomic mass is 17.2. The first-order chi connectivity index (χ1) is 9.18. The fourth-order valence-corrected chi connectivity index (χ4v) is 1.54. The van der Waals surface area contributed by atoms with Crippen LogP contribution in [0.1, 0.15) is 26.3 Å². The predicted octanol–water partition coefficient (Wildman–Crippen LogP) is 2.92. The number of carbonyl (C=O) groups excluding carboxylic acids is 2. The van der Waals surface area contributed by atoms with Gasteiger partial charge in [0.1, 0.15) is 0 Å². The maximum atomic E-state index is 11.7. The fourth-order valence-electron chi connectivity index (χ4n) is 1.54. The molecule has 0 aliphatic heterocycles.